The van der Waals surface area contributed by atoms with Gasteiger partial charge in [-0.1, -0.05) is 26.0 Å². The number of nitrogens with one attached hydrogen (secondary N) is 2. The van der Waals surface area contributed by atoms with Crippen molar-refractivity contribution in [1.29, 1.82) is 5.26 Å². The van der Waals surface area contributed by atoms with Crippen molar-refractivity contribution in [1.82, 2.24) is 14.9 Å². The van der Waals surface area contributed by atoms with E-state index >= 15 is 0 Å². The summed E-state index contributed by atoms with van der Waals surface area (Å²) in [6.07, 6.45) is 7.79. The van der Waals surface area contributed by atoms with Gasteiger partial charge in [-0.05, 0) is 54.4 Å². The molecule has 9 heteroatoms. The predicted molar refractivity (Wildman–Crippen MR) is 139 cm³/mol. The van der Waals surface area contributed by atoms with E-state index in [1.54, 1.807) is 0 Å². The standard InChI is InChI=1S/C25H31N5O2.2ClH/c1-25(2)8-5-19(6-9-25)21-15-18(7-10-30-11-13-32-14-12-30)3-4-22(21)29-24(31)23-27-17-20(16-26)28-23;;/h3-5,15,17H,6-14H2,1-2H3,(H,27,28)(H,29,31);2*1H. The van der Waals surface area contributed by atoms with Gasteiger partial charge in [0.2, 0.25) is 0 Å². The van der Waals surface area contributed by atoms with Crippen molar-refractivity contribution in [2.45, 2.75) is 39.5 Å². The van der Waals surface area contributed by atoms with Crippen LogP contribution < -0.4 is 5.32 Å². The second-order valence-electron chi connectivity index (χ2n) is 9.39. The maximum Gasteiger partial charge on any atom is 0.291 e. The van der Waals surface area contributed by atoms with Gasteiger partial charge in [0.1, 0.15) is 11.8 Å². The number of allylic oxidation sites excluding steroid dienone is 2. The van der Waals surface area contributed by atoms with E-state index in [1.165, 1.54) is 17.3 Å². The number of nitriles is 1. The van der Waals surface area contributed by atoms with Gasteiger partial charge < -0.3 is 15.0 Å². The number of H-pyrrole nitrogens is 1. The van der Waals surface area contributed by atoms with Gasteiger partial charge >= 0.3 is 0 Å². The molecule has 1 fully saturated rings. The topological polar surface area (TPSA) is 94.0 Å². The van der Waals surface area contributed by atoms with Crippen LogP contribution in [0.4, 0.5) is 5.69 Å². The van der Waals surface area contributed by atoms with Crippen LogP contribution in [0.5, 0.6) is 0 Å². The molecule has 0 saturated carbocycles. The van der Waals surface area contributed by atoms with E-state index in [0.717, 1.165) is 69.8 Å². The molecule has 0 bridgehead atoms. The summed E-state index contributed by atoms with van der Waals surface area (Å²) >= 11 is 0. The van der Waals surface area contributed by atoms with Gasteiger partial charge in [0.25, 0.3) is 5.91 Å². The summed E-state index contributed by atoms with van der Waals surface area (Å²) < 4.78 is 5.45. The van der Waals surface area contributed by atoms with E-state index in [1.807, 2.05) is 12.1 Å². The molecule has 0 unspecified atom stereocenters. The summed E-state index contributed by atoms with van der Waals surface area (Å²) in [6, 6.07) is 8.28. The van der Waals surface area contributed by atoms with E-state index in [0.29, 0.717) is 5.41 Å². The third-order valence-corrected chi connectivity index (χ3v) is 6.38. The van der Waals surface area contributed by atoms with Crippen LogP contribution in [0.3, 0.4) is 0 Å². The number of hydrogen-bond acceptors (Lipinski definition) is 5. The van der Waals surface area contributed by atoms with Gasteiger partial charge in [-0.15, -0.1) is 24.8 Å². The summed E-state index contributed by atoms with van der Waals surface area (Å²) in [5.74, 6) is -0.201. The SMILES string of the molecule is CC1(C)CC=C(c2cc(CCN3CCOCC3)ccc2NC(=O)c2ncc(C#N)[nH]2)CC1.Cl.Cl. The zero-order chi connectivity index (χ0) is 22.6. The van der Waals surface area contributed by atoms with Crippen molar-refractivity contribution in [3.8, 4) is 6.07 Å². The Balaban J connectivity index is 0.00000204. The Labute approximate surface area is 213 Å². The van der Waals surface area contributed by atoms with Crippen molar-refractivity contribution in [3.05, 3.63) is 53.1 Å². The van der Waals surface area contributed by atoms with Crippen molar-refractivity contribution < 1.29 is 9.53 Å². The third-order valence-electron chi connectivity index (χ3n) is 6.38. The first-order valence-corrected chi connectivity index (χ1v) is 11.3. The molecule has 2 aromatic rings. The Hall–Kier alpha value is -2.37. The van der Waals surface area contributed by atoms with Crippen molar-refractivity contribution in [3.63, 3.8) is 0 Å². The predicted octanol–water partition coefficient (Wildman–Crippen LogP) is 4.85. The number of nitrogens with zero attached hydrogens (tertiary/aromatic N) is 3. The monoisotopic (exact) mass is 505 g/mol. The molecular formula is C25H33Cl2N5O2. The van der Waals surface area contributed by atoms with Crippen LogP contribution in [-0.2, 0) is 11.2 Å². The Bertz CT molecular complexity index is 1050. The summed E-state index contributed by atoms with van der Waals surface area (Å²) in [7, 11) is 0. The zero-order valence-electron chi connectivity index (χ0n) is 19.7. The number of ether oxygens (including phenoxy) is 1. The number of imidazole rings is 1. The first-order chi connectivity index (χ1) is 15.4. The van der Waals surface area contributed by atoms with E-state index in [-0.39, 0.29) is 42.2 Å². The van der Waals surface area contributed by atoms with Crippen LogP contribution in [0.15, 0.2) is 30.5 Å². The average molecular weight is 506 g/mol. The number of benzene rings is 1. The molecule has 0 atom stereocenters. The Morgan fingerprint density at radius 2 is 2.06 bits per heavy atom. The number of morpholine rings is 1. The van der Waals surface area contributed by atoms with Gasteiger partial charge in [-0.25, -0.2) is 4.98 Å². The van der Waals surface area contributed by atoms with E-state index in [9.17, 15) is 4.79 Å². The maximum absolute atomic E-state index is 12.7. The Morgan fingerprint density at radius 1 is 1.29 bits per heavy atom. The molecule has 1 aliphatic heterocycles. The number of anilines is 1. The van der Waals surface area contributed by atoms with E-state index < -0.39 is 0 Å². The van der Waals surface area contributed by atoms with E-state index in [4.69, 9.17) is 10.00 Å². The minimum Gasteiger partial charge on any atom is -0.379 e. The quantitative estimate of drug-likeness (QED) is 0.585. The minimum absolute atomic E-state index is 0. The fraction of sp³-hybridized carbons (Fsp3) is 0.480. The number of hydrogen-bond donors (Lipinski definition) is 2. The molecule has 0 radical (unpaired) electrons. The summed E-state index contributed by atoms with van der Waals surface area (Å²) in [5.41, 5.74) is 4.99. The first-order valence-electron chi connectivity index (χ1n) is 11.3. The van der Waals surface area contributed by atoms with Crippen molar-refractivity contribution >= 4 is 42.0 Å². The molecule has 1 aromatic carbocycles. The second kappa shape index (κ2) is 12.4. The van der Waals surface area contributed by atoms with Crippen molar-refractivity contribution in [2.75, 3.05) is 38.2 Å². The molecule has 2 aliphatic rings. The lowest BCUT2D eigenvalue weighted by Gasteiger charge is -2.30. The smallest absolute Gasteiger partial charge is 0.291 e. The molecule has 1 aliphatic carbocycles. The highest BCUT2D eigenvalue weighted by atomic mass is 35.5. The number of aromatic nitrogens is 2. The zero-order valence-corrected chi connectivity index (χ0v) is 21.4. The number of aromatic amines is 1. The molecule has 2 N–H and O–H groups in total. The lowest BCUT2D eigenvalue weighted by molar-refractivity contribution is 0.0384. The molecule has 0 spiro atoms. The third kappa shape index (κ3) is 7.07. The molecular weight excluding hydrogens is 473 g/mol. The van der Waals surface area contributed by atoms with Crippen LogP contribution in [0.2, 0.25) is 0 Å². The van der Waals surface area contributed by atoms with Crippen LogP contribution in [0.25, 0.3) is 5.57 Å². The van der Waals surface area contributed by atoms with Crippen LogP contribution in [-0.4, -0.2) is 53.6 Å². The van der Waals surface area contributed by atoms with Gasteiger partial charge in [0, 0.05) is 30.9 Å². The van der Waals surface area contributed by atoms with Gasteiger partial charge in [0.15, 0.2) is 5.82 Å². The lowest BCUT2D eigenvalue weighted by Crippen LogP contribution is -2.37. The van der Waals surface area contributed by atoms with Gasteiger partial charge in [0.05, 0.1) is 19.4 Å². The molecule has 2 heterocycles. The number of amides is 1. The molecule has 4 rings (SSSR count). The van der Waals surface area contributed by atoms with Gasteiger partial charge in [-0.2, -0.15) is 5.26 Å². The highest BCUT2D eigenvalue weighted by molar-refractivity contribution is 6.03. The summed E-state index contributed by atoms with van der Waals surface area (Å²) in [6.45, 7) is 9.17. The van der Waals surface area contributed by atoms with Crippen molar-refractivity contribution in [2.24, 2.45) is 5.41 Å². The largest absolute Gasteiger partial charge is 0.379 e. The summed E-state index contributed by atoms with van der Waals surface area (Å²) in [4.78, 5) is 22.0. The molecule has 34 heavy (non-hydrogen) atoms. The molecule has 7 nitrogen and oxygen atoms in total. The fourth-order valence-corrected chi connectivity index (χ4v) is 4.23. The summed E-state index contributed by atoms with van der Waals surface area (Å²) in [5, 5.41) is 12.0. The normalized spacial score (nSPS) is 17.5. The fourth-order valence-electron chi connectivity index (χ4n) is 4.23. The van der Waals surface area contributed by atoms with E-state index in [2.05, 4.69) is 52.2 Å². The Morgan fingerprint density at radius 3 is 2.71 bits per heavy atom. The molecule has 1 saturated heterocycles. The molecule has 184 valence electrons. The number of carbonyl (C=O) groups is 1. The molecule has 1 aromatic heterocycles. The number of halogens is 2. The lowest BCUT2D eigenvalue weighted by atomic mass is 9.76. The first kappa shape index (κ1) is 27.9. The molecule has 1 amide bonds. The minimum atomic E-state index is -0.342. The van der Waals surface area contributed by atoms with Crippen LogP contribution in [0, 0.1) is 16.7 Å². The van der Waals surface area contributed by atoms with Crippen LogP contribution >= 0.6 is 24.8 Å². The van der Waals surface area contributed by atoms with Gasteiger partial charge in [-0.3, -0.25) is 9.69 Å². The maximum atomic E-state index is 12.7. The Kier molecular flexibility index (Phi) is 10.1. The van der Waals surface area contributed by atoms with Crippen LogP contribution in [0.1, 0.15) is 60.5 Å². The highest BCUT2D eigenvalue weighted by Gasteiger charge is 2.24. The average Bonchev–Trinajstić information content (AvgIpc) is 3.29. The second-order valence-corrected chi connectivity index (χ2v) is 9.39. The number of carbonyl (C=O) groups excluding carboxylic acids is 1. The highest BCUT2D eigenvalue weighted by Crippen LogP contribution is 2.40. The number of rotatable bonds is 6.